The van der Waals surface area contributed by atoms with Crippen molar-refractivity contribution in [2.24, 2.45) is 0 Å². The molecule has 2 atom stereocenters. The molecule has 4 heteroatoms. The molecule has 0 aromatic rings. The van der Waals surface area contributed by atoms with Crippen LogP contribution in [0, 0.1) is 0 Å². The Balaban J connectivity index is 2.05. The Bertz CT molecular complexity index is 195. The van der Waals surface area contributed by atoms with E-state index >= 15 is 0 Å². The van der Waals surface area contributed by atoms with Gasteiger partial charge in [0.25, 0.3) is 0 Å². The molecule has 0 aliphatic heterocycles. The summed E-state index contributed by atoms with van der Waals surface area (Å²) in [5.74, 6) is 0. The van der Waals surface area contributed by atoms with Gasteiger partial charge in [-0.3, -0.25) is 4.90 Å². The van der Waals surface area contributed by atoms with Crippen LogP contribution in [0.15, 0.2) is 0 Å². The summed E-state index contributed by atoms with van der Waals surface area (Å²) in [5.41, 5.74) is 0. The third kappa shape index (κ3) is 5.25. The maximum atomic E-state index is 9.67. The summed E-state index contributed by atoms with van der Waals surface area (Å²) >= 11 is 0. The average Bonchev–Trinajstić information content (AvgIpc) is 2.98. The highest BCUT2D eigenvalue weighted by molar-refractivity contribution is 4.85. The molecule has 0 bridgehead atoms. The van der Waals surface area contributed by atoms with Gasteiger partial charge in [-0.25, -0.2) is 0 Å². The van der Waals surface area contributed by atoms with Crippen molar-refractivity contribution in [2.45, 2.75) is 38.0 Å². The summed E-state index contributed by atoms with van der Waals surface area (Å²) in [4.78, 5) is 4.44. The molecule has 0 radical (unpaired) electrons. The van der Waals surface area contributed by atoms with Crippen molar-refractivity contribution in [3.05, 3.63) is 0 Å². The lowest BCUT2D eigenvalue weighted by Crippen LogP contribution is -2.42. The van der Waals surface area contributed by atoms with Crippen molar-refractivity contribution in [1.82, 2.24) is 15.1 Å². The zero-order chi connectivity index (χ0) is 12.1. The average molecular weight is 229 g/mol. The first-order valence-corrected chi connectivity index (χ1v) is 6.26. The summed E-state index contributed by atoms with van der Waals surface area (Å²) in [6, 6.07) is 1.36. The molecule has 2 unspecified atom stereocenters. The van der Waals surface area contributed by atoms with E-state index in [0.717, 1.165) is 19.1 Å². The zero-order valence-electron chi connectivity index (χ0n) is 11.1. The molecule has 0 saturated heterocycles. The van der Waals surface area contributed by atoms with Gasteiger partial charge in [-0.15, -0.1) is 0 Å². The maximum Gasteiger partial charge on any atom is 0.0791 e. The fourth-order valence-electron chi connectivity index (χ4n) is 1.93. The molecule has 96 valence electrons. The van der Waals surface area contributed by atoms with E-state index in [-0.39, 0.29) is 6.10 Å². The Morgan fingerprint density at radius 2 is 1.88 bits per heavy atom. The molecule has 4 nitrogen and oxygen atoms in total. The van der Waals surface area contributed by atoms with Crippen molar-refractivity contribution in [3.8, 4) is 0 Å². The number of aliphatic hydroxyl groups excluding tert-OH is 1. The van der Waals surface area contributed by atoms with E-state index in [0.29, 0.717) is 12.6 Å². The number of nitrogens with one attached hydrogen (secondary N) is 1. The summed E-state index contributed by atoms with van der Waals surface area (Å²) < 4.78 is 0. The van der Waals surface area contributed by atoms with E-state index in [1.165, 1.54) is 12.8 Å². The molecule has 0 aromatic heterocycles. The van der Waals surface area contributed by atoms with Gasteiger partial charge in [-0.2, -0.15) is 0 Å². The lowest BCUT2D eigenvalue weighted by atomic mass is 10.2. The molecule has 1 saturated carbocycles. The quantitative estimate of drug-likeness (QED) is 0.614. The summed E-state index contributed by atoms with van der Waals surface area (Å²) in [6.45, 7) is 4.60. The van der Waals surface area contributed by atoms with E-state index in [1.54, 1.807) is 0 Å². The van der Waals surface area contributed by atoms with Gasteiger partial charge >= 0.3 is 0 Å². The first-order chi connectivity index (χ1) is 7.50. The van der Waals surface area contributed by atoms with Crippen molar-refractivity contribution in [2.75, 3.05) is 40.8 Å². The Morgan fingerprint density at radius 1 is 1.25 bits per heavy atom. The van der Waals surface area contributed by atoms with Gasteiger partial charge in [0.05, 0.1) is 6.10 Å². The van der Waals surface area contributed by atoms with Crippen LogP contribution >= 0.6 is 0 Å². The molecular weight excluding hydrogens is 202 g/mol. The molecule has 0 spiro atoms. The fraction of sp³-hybridized carbons (Fsp3) is 1.00. The highest BCUT2D eigenvalue weighted by Crippen LogP contribution is 2.26. The number of aliphatic hydroxyl groups is 1. The van der Waals surface area contributed by atoms with Crippen LogP contribution < -0.4 is 5.32 Å². The van der Waals surface area contributed by atoms with Crippen LogP contribution in [0.25, 0.3) is 0 Å². The summed E-state index contributed by atoms with van der Waals surface area (Å²) in [7, 11) is 6.15. The SMILES string of the molecule is CC(CNCC(O)CN(C)C)N(C)C1CC1. The number of hydrogen-bond donors (Lipinski definition) is 2. The Hall–Kier alpha value is -0.160. The number of likely N-dealkylation sites (N-methyl/N-ethyl adjacent to an activating group) is 2. The molecule has 1 rings (SSSR count). The predicted molar refractivity (Wildman–Crippen MR) is 67.7 cm³/mol. The summed E-state index contributed by atoms with van der Waals surface area (Å²) in [5, 5.41) is 13.0. The Morgan fingerprint density at radius 3 is 2.38 bits per heavy atom. The smallest absolute Gasteiger partial charge is 0.0791 e. The van der Waals surface area contributed by atoms with Crippen molar-refractivity contribution < 1.29 is 5.11 Å². The van der Waals surface area contributed by atoms with Gasteiger partial charge in [0.1, 0.15) is 0 Å². The second kappa shape index (κ2) is 6.55. The van der Waals surface area contributed by atoms with Gasteiger partial charge in [0.2, 0.25) is 0 Å². The predicted octanol–water partition coefficient (Wildman–Crippen LogP) is -0.0188. The Kier molecular flexibility index (Phi) is 5.69. The highest BCUT2D eigenvalue weighted by atomic mass is 16.3. The third-order valence-corrected chi connectivity index (χ3v) is 3.21. The van der Waals surface area contributed by atoms with Crippen LogP contribution in [0.2, 0.25) is 0 Å². The molecule has 0 heterocycles. The second-order valence-corrected chi connectivity index (χ2v) is 5.32. The zero-order valence-corrected chi connectivity index (χ0v) is 11.1. The molecule has 1 aliphatic rings. The van der Waals surface area contributed by atoms with Crippen LogP contribution in [-0.4, -0.2) is 73.9 Å². The van der Waals surface area contributed by atoms with Gasteiger partial charge in [-0.1, -0.05) is 0 Å². The highest BCUT2D eigenvalue weighted by Gasteiger charge is 2.28. The first-order valence-electron chi connectivity index (χ1n) is 6.26. The van der Waals surface area contributed by atoms with Crippen LogP contribution in [-0.2, 0) is 0 Å². The molecular formula is C12H27N3O. The van der Waals surface area contributed by atoms with E-state index in [9.17, 15) is 5.11 Å². The minimum atomic E-state index is -0.270. The fourth-order valence-corrected chi connectivity index (χ4v) is 1.93. The molecule has 1 aliphatic carbocycles. The largest absolute Gasteiger partial charge is 0.390 e. The topological polar surface area (TPSA) is 38.7 Å². The molecule has 0 amide bonds. The number of nitrogens with zero attached hydrogens (tertiary/aromatic N) is 2. The van der Waals surface area contributed by atoms with Crippen molar-refractivity contribution in [3.63, 3.8) is 0 Å². The lowest BCUT2D eigenvalue weighted by Gasteiger charge is -2.25. The van der Waals surface area contributed by atoms with Crippen LogP contribution in [0.5, 0.6) is 0 Å². The van der Waals surface area contributed by atoms with Crippen molar-refractivity contribution in [1.29, 1.82) is 0 Å². The van der Waals surface area contributed by atoms with Gasteiger partial charge in [-0.05, 0) is 40.9 Å². The Labute approximate surface area is 99.6 Å². The van der Waals surface area contributed by atoms with Gasteiger partial charge in [0.15, 0.2) is 0 Å². The third-order valence-electron chi connectivity index (χ3n) is 3.21. The first kappa shape index (κ1) is 13.9. The minimum Gasteiger partial charge on any atom is -0.390 e. The monoisotopic (exact) mass is 229 g/mol. The maximum absolute atomic E-state index is 9.67. The molecule has 1 fully saturated rings. The lowest BCUT2D eigenvalue weighted by molar-refractivity contribution is 0.131. The van der Waals surface area contributed by atoms with Gasteiger partial charge in [0, 0.05) is 31.7 Å². The van der Waals surface area contributed by atoms with Crippen LogP contribution in [0.4, 0.5) is 0 Å². The second-order valence-electron chi connectivity index (χ2n) is 5.32. The molecule has 0 aromatic carbocycles. The van der Waals surface area contributed by atoms with Crippen LogP contribution in [0.3, 0.4) is 0 Å². The van der Waals surface area contributed by atoms with E-state index < -0.39 is 0 Å². The number of rotatable bonds is 8. The van der Waals surface area contributed by atoms with Crippen LogP contribution in [0.1, 0.15) is 19.8 Å². The summed E-state index contributed by atoms with van der Waals surface area (Å²) in [6.07, 6.45) is 2.43. The molecule has 16 heavy (non-hydrogen) atoms. The van der Waals surface area contributed by atoms with E-state index in [2.05, 4.69) is 24.2 Å². The minimum absolute atomic E-state index is 0.270. The number of hydrogen-bond acceptors (Lipinski definition) is 4. The van der Waals surface area contributed by atoms with E-state index in [4.69, 9.17) is 0 Å². The van der Waals surface area contributed by atoms with Crippen molar-refractivity contribution >= 4 is 0 Å². The van der Waals surface area contributed by atoms with Gasteiger partial charge < -0.3 is 15.3 Å². The normalized spacial score (nSPS) is 20.4. The molecule has 2 N–H and O–H groups in total. The van der Waals surface area contributed by atoms with E-state index in [1.807, 2.05) is 19.0 Å². The standard InChI is InChI=1S/C12H27N3O/c1-10(15(4)11-5-6-11)7-13-8-12(16)9-14(2)3/h10-13,16H,5-9H2,1-4H3.